The summed E-state index contributed by atoms with van der Waals surface area (Å²) >= 11 is 0. The fourth-order valence-corrected chi connectivity index (χ4v) is 2.08. The Morgan fingerprint density at radius 1 is 1.05 bits per heavy atom. The van der Waals surface area contributed by atoms with Crippen LogP contribution in [0.1, 0.15) is 71.1 Å². The Bertz CT molecular complexity index is 281. The Morgan fingerprint density at radius 3 is 2.19 bits per heavy atom. The number of nitrogens with one attached hydrogen (secondary N) is 1. The highest BCUT2D eigenvalue weighted by atomic mass is 16.5. The lowest BCUT2D eigenvalue weighted by Gasteiger charge is -2.06. The molecule has 0 amide bonds. The van der Waals surface area contributed by atoms with Gasteiger partial charge < -0.3 is 15.8 Å². The van der Waals surface area contributed by atoms with Gasteiger partial charge in [-0.2, -0.15) is 0 Å². The van der Waals surface area contributed by atoms with Crippen molar-refractivity contribution in [2.75, 3.05) is 20.2 Å². The van der Waals surface area contributed by atoms with Crippen molar-refractivity contribution in [1.29, 1.82) is 0 Å². The van der Waals surface area contributed by atoms with Gasteiger partial charge in [0.15, 0.2) is 5.96 Å². The number of hydrogen-bond acceptors (Lipinski definition) is 3. The van der Waals surface area contributed by atoms with Gasteiger partial charge >= 0.3 is 5.97 Å². The largest absolute Gasteiger partial charge is 0.464 e. The van der Waals surface area contributed by atoms with Crippen LogP contribution in [-0.2, 0) is 9.53 Å². The molecule has 3 N–H and O–H groups in total. The quantitative estimate of drug-likeness (QED) is 0.237. The Balaban J connectivity index is 3.23. The first-order valence-corrected chi connectivity index (χ1v) is 8.32. The molecule has 0 aliphatic carbocycles. The van der Waals surface area contributed by atoms with Crippen LogP contribution < -0.4 is 11.1 Å². The number of unbranched alkanes of at least 4 members (excludes halogenated alkanes) is 8. The summed E-state index contributed by atoms with van der Waals surface area (Å²) in [6.07, 6.45) is 11.8. The molecule has 5 heteroatoms. The zero-order valence-corrected chi connectivity index (χ0v) is 13.8. The molecule has 0 aromatic heterocycles. The molecule has 0 aliphatic rings. The molecule has 0 unspecified atom stereocenters. The third-order valence-electron chi connectivity index (χ3n) is 3.40. The maximum atomic E-state index is 11.5. The summed E-state index contributed by atoms with van der Waals surface area (Å²) in [6.45, 7) is 3.08. The lowest BCUT2D eigenvalue weighted by molar-refractivity contribution is -0.143. The van der Waals surface area contributed by atoms with Crippen LogP contribution >= 0.6 is 0 Å². The second-order valence-corrected chi connectivity index (χ2v) is 5.33. The van der Waals surface area contributed by atoms with E-state index in [1.54, 1.807) is 7.05 Å². The number of aliphatic imine (C=N–C) groups is 1. The van der Waals surface area contributed by atoms with Crippen LogP contribution in [0.4, 0.5) is 0 Å². The highest BCUT2D eigenvalue weighted by molar-refractivity contribution is 5.77. The number of nitrogens with two attached hydrogens (primary N) is 1. The molecule has 0 bridgehead atoms. The second kappa shape index (κ2) is 15.1. The van der Waals surface area contributed by atoms with Crippen molar-refractivity contribution in [2.45, 2.75) is 71.1 Å². The van der Waals surface area contributed by atoms with Crippen molar-refractivity contribution in [3.63, 3.8) is 0 Å². The van der Waals surface area contributed by atoms with E-state index in [1.807, 2.05) is 0 Å². The first kappa shape index (κ1) is 19.7. The third kappa shape index (κ3) is 15.0. The van der Waals surface area contributed by atoms with Crippen LogP contribution in [-0.4, -0.2) is 32.1 Å². The van der Waals surface area contributed by atoms with Crippen molar-refractivity contribution in [3.05, 3.63) is 0 Å². The minimum Gasteiger partial charge on any atom is -0.464 e. The van der Waals surface area contributed by atoms with Gasteiger partial charge in [-0.15, -0.1) is 0 Å². The van der Waals surface area contributed by atoms with Gasteiger partial charge in [0.1, 0.15) is 6.61 Å². The highest BCUT2D eigenvalue weighted by Gasteiger charge is 2.02. The van der Waals surface area contributed by atoms with E-state index in [-0.39, 0.29) is 5.97 Å². The Hall–Kier alpha value is -1.26. The number of carbonyl (C=O) groups is 1. The van der Waals surface area contributed by atoms with Crippen LogP contribution in [0, 0.1) is 0 Å². The zero-order valence-electron chi connectivity index (χ0n) is 13.8. The molecule has 0 aliphatic heterocycles. The predicted octanol–water partition coefficient (Wildman–Crippen LogP) is 2.98. The van der Waals surface area contributed by atoms with E-state index in [0.717, 1.165) is 12.8 Å². The molecule has 21 heavy (non-hydrogen) atoms. The van der Waals surface area contributed by atoms with E-state index in [0.29, 0.717) is 25.5 Å². The Kier molecular flexibility index (Phi) is 14.2. The fraction of sp³-hybridized carbons (Fsp3) is 0.875. The first-order valence-electron chi connectivity index (χ1n) is 8.32. The van der Waals surface area contributed by atoms with Crippen molar-refractivity contribution in [2.24, 2.45) is 10.7 Å². The van der Waals surface area contributed by atoms with Gasteiger partial charge in [0, 0.05) is 13.5 Å². The summed E-state index contributed by atoms with van der Waals surface area (Å²) in [5.74, 6) is 0.247. The molecule has 0 aromatic rings. The Morgan fingerprint density at radius 2 is 1.62 bits per heavy atom. The molecule has 0 aromatic carbocycles. The number of rotatable bonds is 13. The molecular weight excluding hydrogens is 266 g/mol. The van der Waals surface area contributed by atoms with Crippen LogP contribution in [0.5, 0.6) is 0 Å². The number of ether oxygens (including phenoxy) is 1. The van der Waals surface area contributed by atoms with Gasteiger partial charge in [0.2, 0.25) is 0 Å². The van der Waals surface area contributed by atoms with Gasteiger partial charge in [-0.25, -0.2) is 0 Å². The summed E-state index contributed by atoms with van der Waals surface area (Å²) in [5, 5.41) is 2.84. The topological polar surface area (TPSA) is 76.7 Å². The summed E-state index contributed by atoms with van der Waals surface area (Å²) in [5.41, 5.74) is 5.45. The maximum absolute atomic E-state index is 11.5. The van der Waals surface area contributed by atoms with Gasteiger partial charge in [0.05, 0.1) is 6.54 Å². The first-order chi connectivity index (χ1) is 10.2. The standard InChI is InChI=1S/C16H33N3O2/c1-3-4-5-6-7-8-9-10-11-12-15(20)21-14-13-19-16(17)18-2/h3-14H2,1-2H3,(H3,17,18,19). The van der Waals surface area contributed by atoms with Crippen LogP contribution in [0.15, 0.2) is 4.99 Å². The molecule has 0 saturated heterocycles. The lowest BCUT2D eigenvalue weighted by atomic mass is 10.1. The maximum Gasteiger partial charge on any atom is 0.305 e. The van der Waals surface area contributed by atoms with Crippen molar-refractivity contribution in [1.82, 2.24) is 5.32 Å². The van der Waals surface area contributed by atoms with Crippen molar-refractivity contribution < 1.29 is 9.53 Å². The molecule has 0 fully saturated rings. The number of carbonyl (C=O) groups excluding carboxylic acids is 1. The van der Waals surface area contributed by atoms with Crippen LogP contribution in [0.25, 0.3) is 0 Å². The average Bonchev–Trinajstić information content (AvgIpc) is 2.49. The van der Waals surface area contributed by atoms with Crippen LogP contribution in [0.3, 0.4) is 0 Å². The third-order valence-corrected chi connectivity index (χ3v) is 3.40. The molecule has 5 nitrogen and oxygen atoms in total. The molecule has 0 rings (SSSR count). The fourth-order valence-electron chi connectivity index (χ4n) is 2.08. The summed E-state index contributed by atoms with van der Waals surface area (Å²) in [7, 11) is 1.61. The number of nitrogens with zero attached hydrogens (tertiary/aromatic N) is 1. The zero-order chi connectivity index (χ0) is 15.8. The predicted molar refractivity (Wildman–Crippen MR) is 88.4 cm³/mol. The normalized spacial score (nSPS) is 11.4. The van der Waals surface area contributed by atoms with Gasteiger partial charge in [-0.05, 0) is 6.42 Å². The molecule has 0 heterocycles. The molecule has 0 radical (unpaired) electrons. The Labute approximate surface area is 129 Å². The summed E-state index contributed by atoms with van der Waals surface area (Å²) in [4.78, 5) is 15.2. The molecular formula is C16H33N3O2. The SMILES string of the molecule is CCCCCCCCCCCC(=O)OCCNC(N)=NC. The van der Waals surface area contributed by atoms with Gasteiger partial charge in [-0.3, -0.25) is 9.79 Å². The van der Waals surface area contributed by atoms with E-state index >= 15 is 0 Å². The van der Waals surface area contributed by atoms with Crippen LogP contribution in [0.2, 0.25) is 0 Å². The number of hydrogen-bond donors (Lipinski definition) is 2. The lowest BCUT2D eigenvalue weighted by Crippen LogP contribution is -2.34. The second-order valence-electron chi connectivity index (χ2n) is 5.33. The van der Waals surface area contributed by atoms with Gasteiger partial charge in [-0.1, -0.05) is 58.3 Å². The monoisotopic (exact) mass is 299 g/mol. The van der Waals surface area contributed by atoms with Crippen molar-refractivity contribution in [3.8, 4) is 0 Å². The van der Waals surface area contributed by atoms with E-state index in [4.69, 9.17) is 10.5 Å². The minimum atomic E-state index is -0.119. The van der Waals surface area contributed by atoms with Gasteiger partial charge in [0.25, 0.3) is 0 Å². The van der Waals surface area contributed by atoms with E-state index < -0.39 is 0 Å². The van der Waals surface area contributed by atoms with E-state index in [2.05, 4.69) is 17.2 Å². The average molecular weight is 299 g/mol. The van der Waals surface area contributed by atoms with E-state index in [1.165, 1.54) is 44.9 Å². The number of esters is 1. The molecule has 0 saturated carbocycles. The molecule has 0 atom stereocenters. The highest BCUT2D eigenvalue weighted by Crippen LogP contribution is 2.10. The molecule has 124 valence electrons. The van der Waals surface area contributed by atoms with Crippen molar-refractivity contribution >= 4 is 11.9 Å². The molecule has 0 spiro atoms. The summed E-state index contributed by atoms with van der Waals surface area (Å²) < 4.78 is 5.10. The number of guanidine groups is 1. The minimum absolute atomic E-state index is 0.119. The smallest absolute Gasteiger partial charge is 0.305 e. The summed E-state index contributed by atoms with van der Waals surface area (Å²) in [6, 6.07) is 0. The van der Waals surface area contributed by atoms with E-state index in [9.17, 15) is 4.79 Å².